The molecule has 0 N–H and O–H groups in total. The summed E-state index contributed by atoms with van der Waals surface area (Å²) in [6, 6.07) is 115. The van der Waals surface area contributed by atoms with Gasteiger partial charge >= 0.3 is 47.8 Å². The van der Waals surface area contributed by atoms with Crippen LogP contribution in [0.5, 0.6) is 23.0 Å². The zero-order chi connectivity index (χ0) is 97.3. The van der Waals surface area contributed by atoms with Crippen LogP contribution in [0.1, 0.15) is 144 Å². The van der Waals surface area contributed by atoms with E-state index < -0.39 is 17.0 Å². The molecule has 0 amide bonds. The number of benzene rings is 12. The quantitative estimate of drug-likeness (QED) is 0.00779. The maximum Gasteiger partial charge on any atom is 0.333 e. The zero-order valence-corrected chi connectivity index (χ0v) is 86.2. The second kappa shape index (κ2) is 55.8. The summed E-state index contributed by atoms with van der Waals surface area (Å²) >= 11 is 0. The molecule has 740 valence electrons. The lowest BCUT2D eigenvalue weighted by Gasteiger charge is -2.59. The van der Waals surface area contributed by atoms with Gasteiger partial charge in [-0.1, -0.05) is 172 Å². The molecule has 0 saturated heterocycles. The molecule has 12 aromatic carbocycles. The predicted molar refractivity (Wildman–Crippen MR) is 570 cm³/mol. The second-order valence-electron chi connectivity index (χ2n) is 35.2. The van der Waals surface area contributed by atoms with Crippen LogP contribution in [0.15, 0.2) is 447 Å². The third-order valence-corrected chi connectivity index (χ3v) is 32.9. The number of unbranched alkanes of at least 4 members (excludes halogenated alkanes) is 1. The molecule has 2 atom stereocenters. The van der Waals surface area contributed by atoms with E-state index in [1.807, 2.05) is 158 Å². The van der Waals surface area contributed by atoms with Crippen LogP contribution in [0.3, 0.4) is 0 Å². The van der Waals surface area contributed by atoms with Crippen molar-refractivity contribution in [3.8, 4) is 23.0 Å². The fourth-order valence-electron chi connectivity index (χ4n) is 17.8. The molecule has 6 fully saturated rings. The van der Waals surface area contributed by atoms with E-state index in [-0.39, 0.29) is 146 Å². The largest absolute Gasteiger partial charge is 0.462 e. The highest BCUT2D eigenvalue weighted by Crippen LogP contribution is 2.63. The van der Waals surface area contributed by atoms with Crippen LogP contribution in [0.2, 0.25) is 0 Å². The minimum absolute atomic E-state index is 0. The molecule has 6 aliphatic rings. The van der Waals surface area contributed by atoms with Crippen LogP contribution < -0.4 is 18.9 Å². The van der Waals surface area contributed by atoms with Gasteiger partial charge in [-0.3, -0.25) is 19.2 Å². The Morgan fingerprint density at radius 2 is 0.592 bits per heavy atom. The Kier molecular flexibility index (Phi) is 44.2. The van der Waals surface area contributed by atoms with Gasteiger partial charge in [0.15, 0.2) is 58.7 Å². The van der Waals surface area contributed by atoms with Crippen LogP contribution in [0, 0.1) is 52.9 Å². The molecule has 12 aromatic rings. The van der Waals surface area contributed by atoms with Gasteiger partial charge in [0.2, 0.25) is 0 Å². The molecule has 0 spiro atoms. The van der Waals surface area contributed by atoms with Gasteiger partial charge in [0.05, 0.1) is 61.5 Å². The minimum Gasteiger partial charge on any atom is -0.462 e. The Morgan fingerprint density at radius 3 is 0.894 bits per heavy atom. The number of esters is 8. The molecular weight excluding hydrogens is 1850 g/mol. The Bertz CT molecular complexity index is 5890. The van der Waals surface area contributed by atoms with E-state index in [0.29, 0.717) is 102 Å². The molecule has 0 radical (unpaired) electrons. The first-order chi connectivity index (χ1) is 66.8. The summed E-state index contributed by atoms with van der Waals surface area (Å²) in [4.78, 5) is 111. The Hall–Kier alpha value is -13.2. The van der Waals surface area contributed by atoms with Crippen molar-refractivity contribution in [2.24, 2.45) is 23.2 Å². The van der Waals surface area contributed by atoms with Crippen molar-refractivity contribution in [3.05, 3.63) is 418 Å². The van der Waals surface area contributed by atoms with Gasteiger partial charge in [0.25, 0.3) is 0 Å². The highest BCUT2D eigenvalue weighted by atomic mass is 32.2. The molecule has 16 nitrogen and oxygen atoms in total. The van der Waals surface area contributed by atoms with E-state index in [1.54, 1.807) is 27.7 Å². The summed E-state index contributed by atoms with van der Waals surface area (Å²) in [5.41, 5.74) is 0.515. The topological polar surface area (TPSA) is 210 Å². The van der Waals surface area contributed by atoms with Gasteiger partial charge in [0, 0.05) is 42.1 Å². The average Bonchev–Trinajstić information content (AvgIpc) is 0.736. The van der Waals surface area contributed by atoms with Crippen LogP contribution >= 0.6 is 0 Å². The van der Waals surface area contributed by atoms with Crippen LogP contribution in [-0.4, -0.2) is 72.2 Å². The smallest absolute Gasteiger partial charge is 0.333 e. The van der Waals surface area contributed by atoms with Crippen LogP contribution in [0.25, 0.3) is 0 Å². The summed E-state index contributed by atoms with van der Waals surface area (Å²) in [6.07, 6.45) is 13.5. The van der Waals surface area contributed by atoms with Crippen molar-refractivity contribution in [1.29, 1.82) is 0 Å². The van der Waals surface area contributed by atoms with Crippen molar-refractivity contribution >= 4 is 91.3 Å². The van der Waals surface area contributed by atoms with Gasteiger partial charge < -0.3 is 67.6 Å². The number of hydrogen-bond acceptors (Lipinski definition) is 16. The second-order valence-corrected chi connectivity index (χ2v) is 43.3. The van der Waals surface area contributed by atoms with E-state index in [9.17, 15) is 38.4 Å². The standard InChI is InChI=1S/C33H33O4S.C29H29O4S.C27H27O4S.C20H17O2S.C9H14O2.4CH3/c1-23(2)30(34)37-33-20-24-17-25(21-33)19-32(18-24,22-33)31(35)36-26-13-15-29(16-14-26)38(27-9-5-3-6-10-27)28-11-7-4-8-12-28;1-21(2)28(30)32-23-15-13-22(14-16-23)29(31)33-24-17-19-27(20-18-24)34(25-9-5-3-6-10-25)26-11-7-4-8-12-26;1-21(2)27(29)30-20-10-9-15-26(28)31-22-16-18-25(19-17-22)32(23-11-5-3-6-12-23)24-13-7-4-8-14-24;1-16(21)22-17-12-14-20(15-13-17)23(18-8-4-2-5-9-18)19-10-6-3-7-11-19;1-7(2)9(10)11-8-5-3-4-6-8;;;;/h3-16,24-25H,1,17-22H2,2H3;3-12,17-20,22-23H,1,13-16H2,2H3;3-8,11-14,16-19H,1,9-10,15,20H2,2H3;2-15H,1H3;8H,1,3-6H2,2H3;4*1H3/q4*+1;;4*-1. The maximum atomic E-state index is 13.7. The highest BCUT2D eigenvalue weighted by molar-refractivity contribution is 7.98. The number of hydrogen-bond donors (Lipinski definition) is 0. The van der Waals surface area contributed by atoms with E-state index >= 15 is 0 Å². The predicted octanol–water partition coefficient (Wildman–Crippen LogP) is 28.0. The summed E-state index contributed by atoms with van der Waals surface area (Å²) in [6.45, 7) is 22.7. The fourth-order valence-corrected chi connectivity index (χ4v) is 26.2. The normalized spacial score (nSPS) is 17.0. The molecular formula is C122H132O16S4. The molecule has 0 aliphatic heterocycles. The average molecular weight is 1980 g/mol. The molecule has 0 heterocycles. The Labute approximate surface area is 852 Å². The van der Waals surface area contributed by atoms with E-state index in [0.717, 1.165) is 54.7 Å². The maximum absolute atomic E-state index is 13.7. The molecule has 6 saturated carbocycles. The zero-order valence-electron chi connectivity index (χ0n) is 82.9. The fraction of sp³-hybridized carbons (Fsp3) is 0.246. The number of rotatable bonds is 30. The van der Waals surface area contributed by atoms with Gasteiger partial charge in [-0.25, -0.2) is 19.2 Å². The third kappa shape index (κ3) is 32.4. The number of ether oxygens (including phenoxy) is 8. The lowest BCUT2D eigenvalue weighted by atomic mass is 9.48. The number of carbonyl (C=O) groups excluding carboxylic acids is 8. The lowest BCUT2D eigenvalue weighted by molar-refractivity contribution is -0.206. The van der Waals surface area contributed by atoms with Crippen molar-refractivity contribution in [2.45, 2.75) is 220 Å². The van der Waals surface area contributed by atoms with Crippen molar-refractivity contribution in [3.63, 3.8) is 0 Å². The van der Waals surface area contributed by atoms with E-state index in [2.05, 4.69) is 208 Å². The third-order valence-electron chi connectivity index (χ3n) is 24.0. The monoisotopic (exact) mass is 1980 g/mol. The first-order valence-electron chi connectivity index (χ1n) is 46.9. The molecule has 142 heavy (non-hydrogen) atoms. The number of carbonyl (C=O) groups is 8. The van der Waals surface area contributed by atoms with Crippen molar-refractivity contribution in [1.82, 2.24) is 0 Å². The Morgan fingerprint density at radius 1 is 0.310 bits per heavy atom. The SMILES string of the molecule is C=C(C)C(=O)OC12CC3CC(C1)CC(C(=O)Oc1ccc([S+](c4ccccc4)c4ccccc4)cc1)(C3)C2.C=C(C)C(=O)OC1CCC(C(=O)Oc2ccc([S+](c3ccccc3)c3ccccc3)cc2)CC1.C=C(C)C(=O)OC1CCCC1.C=C(C)C(=O)OCCCCC(=O)Oc1ccc([S+](c2ccccc2)c2ccccc2)cc1.CC(=O)Oc1ccc([S+](c2ccccc2)c2ccccc2)cc1.[CH3-].[CH3-].[CH3-].[CH3-]. The highest BCUT2D eigenvalue weighted by Gasteiger charge is 2.63. The van der Waals surface area contributed by atoms with Gasteiger partial charge in [0.1, 0.15) is 40.8 Å². The summed E-state index contributed by atoms with van der Waals surface area (Å²) in [7, 11) is -0.911. The van der Waals surface area contributed by atoms with Crippen molar-refractivity contribution < 1.29 is 76.3 Å². The first-order valence-corrected chi connectivity index (χ1v) is 51.8. The Balaban J connectivity index is 0.000000204. The van der Waals surface area contributed by atoms with Gasteiger partial charge in [-0.15, -0.1) is 0 Å². The van der Waals surface area contributed by atoms with Gasteiger partial charge in [-0.2, -0.15) is 0 Å². The lowest BCUT2D eigenvalue weighted by Crippen LogP contribution is -2.60. The molecule has 6 aliphatic carbocycles. The van der Waals surface area contributed by atoms with Crippen LogP contribution in [-0.2, 0) is 101 Å². The molecule has 0 aromatic heterocycles. The molecule has 4 bridgehead atoms. The van der Waals surface area contributed by atoms with E-state index in [1.165, 1.54) is 68.7 Å². The molecule has 2 unspecified atom stereocenters. The summed E-state index contributed by atoms with van der Waals surface area (Å²) < 4.78 is 43.9. The molecule has 18 rings (SSSR count). The van der Waals surface area contributed by atoms with Crippen molar-refractivity contribution in [2.75, 3.05) is 6.61 Å². The minimum atomic E-state index is -0.587. The van der Waals surface area contributed by atoms with E-state index in [4.69, 9.17) is 37.9 Å². The summed E-state index contributed by atoms with van der Waals surface area (Å²) in [5.74, 6) is 0.460. The van der Waals surface area contributed by atoms with Gasteiger partial charge in [-0.05, 0) is 330 Å². The first kappa shape index (κ1) is 112. The molecule has 20 heteroatoms. The summed E-state index contributed by atoms with van der Waals surface area (Å²) in [5, 5.41) is 0. The van der Waals surface area contributed by atoms with Crippen LogP contribution in [0.4, 0.5) is 0 Å².